The maximum absolute atomic E-state index is 14.1. The Morgan fingerprint density at radius 1 is 1.14 bits per heavy atom. The molecule has 1 aromatic rings. The van der Waals surface area contributed by atoms with Crippen LogP contribution in [0.1, 0.15) is 38.1 Å². The second kappa shape index (κ2) is 7.76. The third-order valence-electron chi connectivity index (χ3n) is 2.88. The van der Waals surface area contributed by atoms with Crippen LogP contribution in [-0.4, -0.2) is 31.0 Å². The van der Waals surface area contributed by atoms with E-state index in [1.54, 1.807) is 39.8 Å². The van der Waals surface area contributed by atoms with Gasteiger partial charge in [-0.15, -0.1) is 0 Å². The highest BCUT2D eigenvalue weighted by molar-refractivity contribution is 6.15. The number of carbonyl (C=O) groups is 2. The lowest BCUT2D eigenvalue weighted by molar-refractivity contribution is -0.125. The number of Topliss-reactive ketones (excluding diaryl/α,β-unsaturated/α-hetero) is 2. The van der Waals surface area contributed by atoms with E-state index in [1.807, 2.05) is 0 Å². The lowest BCUT2D eigenvalue weighted by Crippen LogP contribution is -2.29. The Morgan fingerprint density at radius 3 is 2.29 bits per heavy atom. The van der Waals surface area contributed by atoms with Crippen LogP contribution in [0.25, 0.3) is 0 Å². The molecule has 0 aromatic heterocycles. The van der Waals surface area contributed by atoms with Gasteiger partial charge >= 0.3 is 0 Å². The van der Waals surface area contributed by atoms with Crippen LogP contribution in [0, 0.1) is 5.92 Å². The van der Waals surface area contributed by atoms with Crippen molar-refractivity contribution in [2.45, 2.75) is 33.9 Å². The van der Waals surface area contributed by atoms with E-state index < -0.39 is 23.7 Å². The highest BCUT2D eigenvalue weighted by atomic mass is 19.1. The summed E-state index contributed by atoms with van der Waals surface area (Å²) in [5.41, 5.74) is 0.0318. The molecule has 0 saturated carbocycles. The first-order valence-corrected chi connectivity index (χ1v) is 7.04. The molecule has 1 aromatic carbocycles. The van der Waals surface area contributed by atoms with E-state index in [1.165, 1.54) is 6.07 Å². The fourth-order valence-corrected chi connectivity index (χ4v) is 1.83. The highest BCUT2D eigenvalue weighted by Gasteiger charge is 2.31. The van der Waals surface area contributed by atoms with Gasteiger partial charge in [-0.1, -0.05) is 19.9 Å². The van der Waals surface area contributed by atoms with Gasteiger partial charge in [0.2, 0.25) is 12.0 Å². The summed E-state index contributed by atoms with van der Waals surface area (Å²) in [6.45, 7) is 7.36. The molecule has 0 amide bonds. The van der Waals surface area contributed by atoms with E-state index in [0.29, 0.717) is 19.0 Å². The molecule has 0 heterocycles. The Morgan fingerprint density at radius 2 is 1.76 bits per heavy atom. The fourth-order valence-electron chi connectivity index (χ4n) is 1.83. The molecule has 21 heavy (non-hydrogen) atoms. The largest absolute Gasteiger partial charge is 0.490 e. The maximum Gasteiger partial charge on any atom is 0.221 e. The van der Waals surface area contributed by atoms with Crippen LogP contribution in [0.4, 0.5) is 4.39 Å². The number of carbonyl (C=O) groups excluding carboxylic acids is 2. The molecular weight excluding hydrogens is 275 g/mol. The lowest BCUT2D eigenvalue weighted by atomic mass is 9.97. The minimum Gasteiger partial charge on any atom is -0.490 e. The Hall–Kier alpha value is -1.91. The summed E-state index contributed by atoms with van der Waals surface area (Å²) < 4.78 is 24.9. The Labute approximate surface area is 124 Å². The zero-order chi connectivity index (χ0) is 16.0. The van der Waals surface area contributed by atoms with E-state index >= 15 is 0 Å². The van der Waals surface area contributed by atoms with Crippen molar-refractivity contribution in [3.8, 4) is 11.5 Å². The summed E-state index contributed by atoms with van der Waals surface area (Å²) in [5, 5.41) is 0. The molecule has 0 bridgehead atoms. The van der Waals surface area contributed by atoms with Gasteiger partial charge in [0, 0.05) is 5.92 Å². The average Bonchev–Trinajstić information content (AvgIpc) is 2.47. The lowest BCUT2D eigenvalue weighted by Gasteiger charge is -2.16. The summed E-state index contributed by atoms with van der Waals surface area (Å²) in [4.78, 5) is 23.9. The molecular formula is C16H21FO4. The summed E-state index contributed by atoms with van der Waals surface area (Å²) in [7, 11) is 0. The van der Waals surface area contributed by atoms with Gasteiger partial charge in [-0.2, -0.15) is 0 Å². The first-order valence-electron chi connectivity index (χ1n) is 7.04. The van der Waals surface area contributed by atoms with Gasteiger partial charge in [0.15, 0.2) is 17.3 Å². The van der Waals surface area contributed by atoms with Crippen molar-refractivity contribution in [2.24, 2.45) is 5.92 Å². The number of benzene rings is 1. The van der Waals surface area contributed by atoms with Crippen LogP contribution >= 0.6 is 0 Å². The molecule has 1 rings (SSSR count). The molecule has 0 saturated heterocycles. The highest BCUT2D eigenvalue weighted by Crippen LogP contribution is 2.33. The number of rotatable bonds is 8. The molecule has 0 aliphatic carbocycles. The monoisotopic (exact) mass is 296 g/mol. The molecule has 0 N–H and O–H groups in total. The number of para-hydroxylation sites is 1. The van der Waals surface area contributed by atoms with Gasteiger partial charge < -0.3 is 9.47 Å². The second-order valence-corrected chi connectivity index (χ2v) is 4.78. The van der Waals surface area contributed by atoms with Crippen LogP contribution in [-0.2, 0) is 4.79 Å². The quantitative estimate of drug-likeness (QED) is 0.546. The van der Waals surface area contributed by atoms with Crippen LogP contribution in [0.15, 0.2) is 18.2 Å². The number of ether oxygens (including phenoxy) is 2. The smallest absolute Gasteiger partial charge is 0.221 e. The fraction of sp³-hybridized carbons (Fsp3) is 0.500. The van der Waals surface area contributed by atoms with Crippen molar-refractivity contribution < 1.29 is 23.5 Å². The van der Waals surface area contributed by atoms with Gasteiger partial charge in [0.25, 0.3) is 0 Å². The van der Waals surface area contributed by atoms with E-state index in [4.69, 9.17) is 9.47 Å². The minimum atomic E-state index is -2.18. The number of halogens is 1. The summed E-state index contributed by atoms with van der Waals surface area (Å²) in [5.74, 6) is -1.61. The van der Waals surface area contributed by atoms with Gasteiger partial charge in [-0.25, -0.2) is 4.39 Å². The van der Waals surface area contributed by atoms with Crippen molar-refractivity contribution >= 4 is 11.6 Å². The van der Waals surface area contributed by atoms with Gasteiger partial charge in [0.1, 0.15) is 0 Å². The molecule has 1 atom stereocenters. The molecule has 0 fully saturated rings. The molecule has 0 aliphatic rings. The van der Waals surface area contributed by atoms with E-state index in [-0.39, 0.29) is 11.3 Å². The van der Waals surface area contributed by atoms with E-state index in [2.05, 4.69) is 0 Å². The predicted octanol–water partition coefficient (Wildman–Crippen LogP) is 3.23. The molecule has 1 unspecified atom stereocenters. The first kappa shape index (κ1) is 17.1. The third-order valence-corrected chi connectivity index (χ3v) is 2.88. The predicted molar refractivity (Wildman–Crippen MR) is 77.9 cm³/mol. The number of ketones is 2. The van der Waals surface area contributed by atoms with E-state index in [0.717, 1.165) is 0 Å². The van der Waals surface area contributed by atoms with Crippen molar-refractivity contribution in [3.05, 3.63) is 23.8 Å². The normalized spacial score (nSPS) is 12.1. The Balaban J connectivity index is 3.19. The summed E-state index contributed by atoms with van der Waals surface area (Å²) in [6.07, 6.45) is -2.18. The number of alkyl halides is 1. The van der Waals surface area contributed by atoms with Gasteiger partial charge in [0.05, 0.1) is 18.8 Å². The Kier molecular flexibility index (Phi) is 6.34. The molecule has 4 nitrogen and oxygen atoms in total. The number of hydrogen-bond donors (Lipinski definition) is 0. The SMILES string of the molecule is CCOc1cccc(C(=O)C(F)C(=O)C(C)C)c1OCC. The standard InChI is InChI=1S/C16H21FO4/c1-5-20-12-9-7-8-11(16(12)21-6-2)15(19)13(17)14(18)10(3)4/h7-10,13H,5-6H2,1-4H3. The first-order chi connectivity index (χ1) is 9.93. The number of hydrogen-bond acceptors (Lipinski definition) is 4. The van der Waals surface area contributed by atoms with Gasteiger partial charge in [-0.3, -0.25) is 9.59 Å². The summed E-state index contributed by atoms with van der Waals surface area (Å²) in [6, 6.07) is 4.66. The topological polar surface area (TPSA) is 52.6 Å². The molecule has 116 valence electrons. The van der Waals surface area contributed by atoms with Crippen LogP contribution in [0.3, 0.4) is 0 Å². The van der Waals surface area contributed by atoms with Crippen LogP contribution < -0.4 is 9.47 Å². The molecule has 5 heteroatoms. The third kappa shape index (κ3) is 4.03. The van der Waals surface area contributed by atoms with Crippen LogP contribution in [0.2, 0.25) is 0 Å². The molecule has 0 spiro atoms. The van der Waals surface area contributed by atoms with Crippen LogP contribution in [0.5, 0.6) is 11.5 Å². The minimum absolute atomic E-state index is 0.0318. The van der Waals surface area contributed by atoms with Gasteiger partial charge in [-0.05, 0) is 26.0 Å². The van der Waals surface area contributed by atoms with Crippen molar-refractivity contribution in [3.63, 3.8) is 0 Å². The zero-order valence-corrected chi connectivity index (χ0v) is 12.8. The van der Waals surface area contributed by atoms with Crippen molar-refractivity contribution in [1.29, 1.82) is 0 Å². The molecule has 0 aliphatic heterocycles. The van der Waals surface area contributed by atoms with Crippen molar-refractivity contribution in [2.75, 3.05) is 13.2 Å². The van der Waals surface area contributed by atoms with E-state index in [9.17, 15) is 14.0 Å². The summed E-state index contributed by atoms with van der Waals surface area (Å²) >= 11 is 0. The second-order valence-electron chi connectivity index (χ2n) is 4.78. The average molecular weight is 296 g/mol. The van der Waals surface area contributed by atoms with Crippen molar-refractivity contribution in [1.82, 2.24) is 0 Å². The maximum atomic E-state index is 14.1. The Bertz CT molecular complexity index is 511. The zero-order valence-electron chi connectivity index (χ0n) is 12.8. The molecule has 0 radical (unpaired) electrons.